The van der Waals surface area contributed by atoms with Gasteiger partial charge in [-0.1, -0.05) is 6.07 Å². The molecule has 0 fully saturated rings. The van der Waals surface area contributed by atoms with E-state index >= 15 is 0 Å². The van der Waals surface area contributed by atoms with E-state index in [1.54, 1.807) is 18.2 Å². The summed E-state index contributed by atoms with van der Waals surface area (Å²) in [6.45, 7) is 0.0992. The third-order valence-electron chi connectivity index (χ3n) is 9.56. The van der Waals surface area contributed by atoms with Crippen molar-refractivity contribution in [3.05, 3.63) is 122 Å². The third-order valence-corrected chi connectivity index (χ3v) is 9.56. The van der Waals surface area contributed by atoms with E-state index in [1.165, 1.54) is 66.9 Å². The number of phenols is 1. The molecular weight excluding hydrogens is 821 g/mol. The lowest BCUT2D eigenvalue weighted by Gasteiger charge is -2.17. The number of nitrogens with two attached hydrogens (primary N) is 1. The van der Waals surface area contributed by atoms with Crippen LogP contribution in [0, 0.1) is 0 Å². The number of phenolic OH excluding ortho intramolecular Hbond substituents is 1. The van der Waals surface area contributed by atoms with Crippen molar-refractivity contribution in [2.45, 2.75) is 25.4 Å². The third kappa shape index (κ3) is 9.95. The number of aromatic carboxylic acids is 1. The summed E-state index contributed by atoms with van der Waals surface area (Å²) in [7, 11) is 0. The number of nitrogens with zero attached hydrogens (tertiary/aromatic N) is 3. The number of amides is 4. The van der Waals surface area contributed by atoms with Crippen molar-refractivity contribution >= 4 is 69.2 Å². The number of hydrogen-bond donors (Lipinski definition) is 10. The Hall–Kier alpha value is -8.88. The van der Waals surface area contributed by atoms with Gasteiger partial charge in [0.25, 0.3) is 11.5 Å². The molecule has 320 valence electrons. The number of carbonyl (C=O) groups excluding carboxylic acids is 3. The van der Waals surface area contributed by atoms with Crippen LogP contribution in [-0.2, 0) is 16.1 Å². The maximum Gasteiger partial charge on any atom is 0.336 e. The Kier molecular flexibility index (Phi) is 12.2. The van der Waals surface area contributed by atoms with E-state index in [0.717, 1.165) is 0 Å². The number of nitrogen functional groups attached to an aromatic ring is 1. The molecule has 0 unspecified atom stereocenters. The number of aromatic nitrogens is 4. The SMILES string of the molecule is Nc1nc2ncc(CNc3ccc(C(=O)N[C@@H](CCC(=O)NCCNC(=O)Nc4ccc(-c5c6ccc(=O)cc-6oc6cc(O)ccc56)c(C(=O)O)c4)C(=O)O)cc3)nc2c(=O)[nH]1. The molecule has 2 aromatic heterocycles. The fraction of sp³-hybridized carbons (Fsp3) is 0.143. The summed E-state index contributed by atoms with van der Waals surface area (Å²) >= 11 is 0. The molecule has 7 rings (SSSR count). The highest BCUT2D eigenvalue weighted by atomic mass is 16.4. The molecule has 0 saturated carbocycles. The van der Waals surface area contributed by atoms with Gasteiger partial charge in [0.15, 0.2) is 16.6 Å². The minimum absolute atomic E-state index is 0.0245. The molecule has 21 nitrogen and oxygen atoms in total. The second kappa shape index (κ2) is 18.2. The maximum absolute atomic E-state index is 12.9. The molecule has 0 saturated heterocycles. The standard InChI is InChI=1S/C42H36N10O11/c43-41-51-36-35(38(57)52-41)48-23(19-47-36)18-46-21-3-1-20(2-4-21)37(56)50-30(40(60)61)11-12-33(55)44-13-14-45-42(62)49-22-5-8-26(29(15-22)39(58)59)34-27-9-6-24(53)16-31(27)63-32-17-25(54)7-10-28(32)34/h1-10,15-17,19,30,46,53H,11-14,18H2,(H,44,55)(H,50,56)(H,58,59)(H,60,61)(H2,45,49,62)(H3,43,47,51,52,57)/t30-/m0/s1. The number of carbonyl (C=O) groups is 5. The molecule has 1 atom stereocenters. The van der Waals surface area contributed by atoms with Crippen LogP contribution < -0.4 is 43.3 Å². The first-order valence-electron chi connectivity index (χ1n) is 19.0. The lowest BCUT2D eigenvalue weighted by molar-refractivity contribution is -0.139. The van der Waals surface area contributed by atoms with Gasteiger partial charge in [-0.05, 0) is 72.6 Å². The molecule has 1 aliphatic carbocycles. The highest BCUT2D eigenvalue weighted by Gasteiger charge is 2.24. The molecule has 2 aliphatic rings. The van der Waals surface area contributed by atoms with Crippen LogP contribution in [0.15, 0.2) is 99.1 Å². The van der Waals surface area contributed by atoms with Crippen LogP contribution in [-0.4, -0.2) is 84.2 Å². The van der Waals surface area contributed by atoms with Crippen LogP contribution >= 0.6 is 0 Å². The number of carboxylic acids is 2. The van der Waals surface area contributed by atoms with Crippen molar-refractivity contribution in [3.8, 4) is 28.2 Å². The largest absolute Gasteiger partial charge is 0.508 e. The summed E-state index contributed by atoms with van der Waals surface area (Å²) in [5, 5.41) is 43.6. The average Bonchev–Trinajstić information content (AvgIpc) is 3.25. The number of fused-ring (bicyclic) bond motifs is 3. The number of rotatable bonds is 15. The summed E-state index contributed by atoms with van der Waals surface area (Å²) in [5.74, 6) is -3.86. The topological polar surface area (TPSA) is 334 Å². The number of aromatic hydroxyl groups is 1. The van der Waals surface area contributed by atoms with Crippen LogP contribution in [0.4, 0.5) is 22.1 Å². The molecule has 21 heteroatoms. The van der Waals surface area contributed by atoms with Crippen molar-refractivity contribution in [2.75, 3.05) is 29.5 Å². The Bertz CT molecular complexity index is 3020. The predicted octanol–water partition coefficient (Wildman–Crippen LogP) is 3.09. The number of carboxylic acid groups (broad SMARTS) is 2. The van der Waals surface area contributed by atoms with Gasteiger partial charge in [-0.15, -0.1) is 0 Å². The fourth-order valence-electron chi connectivity index (χ4n) is 6.57. The molecule has 3 aromatic carbocycles. The van der Waals surface area contributed by atoms with Gasteiger partial charge in [0.05, 0.1) is 24.0 Å². The predicted molar refractivity (Wildman–Crippen MR) is 227 cm³/mol. The first-order chi connectivity index (χ1) is 30.2. The van der Waals surface area contributed by atoms with Crippen molar-refractivity contribution in [1.82, 2.24) is 35.9 Å². The van der Waals surface area contributed by atoms with Crippen LogP contribution in [0.25, 0.3) is 44.6 Å². The molecule has 3 heterocycles. The van der Waals surface area contributed by atoms with E-state index in [1.807, 2.05) is 0 Å². The van der Waals surface area contributed by atoms with Crippen LogP contribution in [0.5, 0.6) is 5.75 Å². The summed E-state index contributed by atoms with van der Waals surface area (Å²) in [6.07, 6.45) is 0.943. The highest BCUT2D eigenvalue weighted by molar-refractivity contribution is 6.08. The molecular formula is C42H36N10O11. The first-order valence-corrected chi connectivity index (χ1v) is 19.0. The lowest BCUT2D eigenvalue weighted by atomic mass is 9.90. The number of hydrogen-bond acceptors (Lipinski definition) is 14. The van der Waals surface area contributed by atoms with Gasteiger partial charge in [-0.3, -0.25) is 24.2 Å². The Morgan fingerprint density at radius 3 is 2.35 bits per heavy atom. The molecule has 1 aliphatic heterocycles. The van der Waals surface area contributed by atoms with Gasteiger partial charge in [0.1, 0.15) is 23.1 Å². The molecule has 0 radical (unpaired) electrons. The Labute approximate surface area is 353 Å². The zero-order chi connectivity index (χ0) is 44.8. The Balaban J connectivity index is 0.874. The van der Waals surface area contributed by atoms with Gasteiger partial charge < -0.3 is 52.1 Å². The van der Waals surface area contributed by atoms with Gasteiger partial charge in [-0.2, -0.15) is 4.98 Å². The summed E-state index contributed by atoms with van der Waals surface area (Å²) in [4.78, 5) is 101. The van der Waals surface area contributed by atoms with Crippen LogP contribution in [0.1, 0.15) is 39.3 Å². The number of nitrogens with one attached hydrogen (secondary N) is 6. The minimum Gasteiger partial charge on any atom is -0.508 e. The average molecular weight is 857 g/mol. The second-order valence-electron chi connectivity index (χ2n) is 13.9. The van der Waals surface area contributed by atoms with Crippen molar-refractivity contribution in [3.63, 3.8) is 0 Å². The number of anilines is 3. The smallest absolute Gasteiger partial charge is 0.336 e. The lowest BCUT2D eigenvalue weighted by Crippen LogP contribution is -2.42. The minimum atomic E-state index is -1.39. The van der Waals surface area contributed by atoms with Crippen molar-refractivity contribution in [2.24, 2.45) is 0 Å². The fourth-order valence-corrected chi connectivity index (χ4v) is 6.57. The zero-order valence-electron chi connectivity index (χ0n) is 32.7. The summed E-state index contributed by atoms with van der Waals surface area (Å²) < 4.78 is 5.85. The zero-order valence-corrected chi connectivity index (χ0v) is 32.7. The van der Waals surface area contributed by atoms with Crippen LogP contribution in [0.3, 0.4) is 0 Å². The maximum atomic E-state index is 12.9. The first kappa shape index (κ1) is 42.3. The Morgan fingerprint density at radius 2 is 1.59 bits per heavy atom. The molecule has 4 amide bonds. The number of H-pyrrole nitrogens is 1. The van der Waals surface area contributed by atoms with E-state index in [0.29, 0.717) is 27.9 Å². The number of benzene rings is 4. The monoisotopic (exact) mass is 856 g/mol. The highest BCUT2D eigenvalue weighted by Crippen LogP contribution is 2.42. The quantitative estimate of drug-likeness (QED) is 0.0523. The summed E-state index contributed by atoms with van der Waals surface area (Å²) in [5.41, 5.74) is 7.31. The molecule has 11 N–H and O–H groups in total. The molecule has 63 heavy (non-hydrogen) atoms. The molecule has 0 bridgehead atoms. The number of urea groups is 1. The van der Waals surface area contributed by atoms with Gasteiger partial charge >= 0.3 is 18.0 Å². The van der Waals surface area contributed by atoms with E-state index in [-0.39, 0.29) is 94.5 Å². The van der Waals surface area contributed by atoms with Gasteiger partial charge in [0.2, 0.25) is 11.9 Å². The van der Waals surface area contributed by atoms with E-state index in [9.17, 15) is 48.9 Å². The number of aliphatic carboxylic acids is 1. The van der Waals surface area contributed by atoms with Crippen molar-refractivity contribution in [1.29, 1.82) is 0 Å². The van der Waals surface area contributed by atoms with Crippen molar-refractivity contribution < 1.29 is 43.7 Å². The van der Waals surface area contributed by atoms with Gasteiger partial charge in [0, 0.05) is 65.1 Å². The number of aromatic amines is 1. The van der Waals surface area contributed by atoms with Crippen LogP contribution in [0.2, 0.25) is 0 Å². The molecule has 0 spiro atoms. The molecule has 5 aromatic rings. The van der Waals surface area contributed by atoms with E-state index in [2.05, 4.69) is 46.5 Å². The summed E-state index contributed by atoms with van der Waals surface area (Å²) in [6, 6.07) is 16.7. The normalized spacial score (nSPS) is 11.5. The van der Waals surface area contributed by atoms with E-state index in [4.69, 9.17) is 10.2 Å². The van der Waals surface area contributed by atoms with E-state index < -0.39 is 41.4 Å². The second-order valence-corrected chi connectivity index (χ2v) is 13.9. The Morgan fingerprint density at radius 1 is 0.841 bits per heavy atom. The van der Waals surface area contributed by atoms with Gasteiger partial charge in [-0.25, -0.2) is 24.4 Å².